The third-order valence-electron chi connectivity index (χ3n) is 3.68. The van der Waals surface area contributed by atoms with E-state index in [1.807, 2.05) is 0 Å². The minimum absolute atomic E-state index is 0.00337. The van der Waals surface area contributed by atoms with E-state index in [1.54, 1.807) is 29.2 Å². The average molecular weight is 362 g/mol. The summed E-state index contributed by atoms with van der Waals surface area (Å²) in [5, 5.41) is 0.585. The normalized spacial score (nSPS) is 19.5. The smallest absolute Gasteiger partial charge is 0.260 e. The zero-order valence-corrected chi connectivity index (χ0v) is 14.5. The number of hydrogen-bond donors (Lipinski definition) is 0. The number of methoxy groups -OCH3 is 1. The molecular weight excluding hydrogens is 342 g/mol. The van der Waals surface area contributed by atoms with Crippen LogP contribution in [0.2, 0.25) is 5.02 Å². The minimum Gasteiger partial charge on any atom is -0.484 e. The van der Waals surface area contributed by atoms with Gasteiger partial charge in [-0.2, -0.15) is 0 Å². The molecule has 0 N–H and O–H groups in total. The second-order valence-corrected chi connectivity index (χ2v) is 8.04. The van der Waals surface area contributed by atoms with E-state index in [9.17, 15) is 13.2 Å². The Morgan fingerprint density at radius 2 is 2.04 bits per heavy atom. The van der Waals surface area contributed by atoms with Gasteiger partial charge in [0.1, 0.15) is 5.75 Å². The topological polar surface area (TPSA) is 72.9 Å². The molecule has 128 valence electrons. The molecule has 1 unspecified atom stereocenters. The highest BCUT2D eigenvalue weighted by Crippen LogP contribution is 2.19. The number of nitrogens with zero attached hydrogens (tertiary/aromatic N) is 1. The van der Waals surface area contributed by atoms with Gasteiger partial charge in [-0.05, 0) is 30.7 Å². The van der Waals surface area contributed by atoms with Gasteiger partial charge in [-0.25, -0.2) is 8.42 Å². The summed E-state index contributed by atoms with van der Waals surface area (Å²) >= 11 is 5.79. The van der Waals surface area contributed by atoms with E-state index >= 15 is 0 Å². The maximum absolute atomic E-state index is 12.4. The standard InChI is InChI=1S/C15H20ClNO5S/c1-21-8-7-17(13-6-9-23(19,20)11-13)15(18)10-22-14-4-2-12(16)3-5-14/h2-5,13H,6-11H2,1H3. The summed E-state index contributed by atoms with van der Waals surface area (Å²) in [5.74, 6) is 0.406. The van der Waals surface area contributed by atoms with E-state index in [0.29, 0.717) is 30.3 Å². The predicted octanol–water partition coefficient (Wildman–Crippen LogP) is 1.38. The van der Waals surface area contributed by atoms with Crippen LogP contribution in [0.25, 0.3) is 0 Å². The van der Waals surface area contributed by atoms with Crippen LogP contribution in [0.15, 0.2) is 24.3 Å². The number of carbonyl (C=O) groups excluding carboxylic acids is 1. The van der Waals surface area contributed by atoms with Crippen LogP contribution < -0.4 is 4.74 Å². The molecule has 1 atom stereocenters. The maximum atomic E-state index is 12.4. The number of halogens is 1. The molecule has 1 aliphatic rings. The third kappa shape index (κ3) is 5.37. The molecule has 1 aliphatic heterocycles. The summed E-state index contributed by atoms with van der Waals surface area (Å²) in [6.07, 6.45) is 0.457. The summed E-state index contributed by atoms with van der Waals surface area (Å²) < 4.78 is 33.7. The van der Waals surface area contributed by atoms with Crippen LogP contribution in [0.1, 0.15) is 6.42 Å². The van der Waals surface area contributed by atoms with Crippen molar-refractivity contribution in [1.29, 1.82) is 0 Å². The molecule has 0 aliphatic carbocycles. The lowest BCUT2D eigenvalue weighted by Crippen LogP contribution is -2.45. The molecule has 0 spiro atoms. The molecule has 0 aromatic heterocycles. The Hall–Kier alpha value is -1.31. The van der Waals surface area contributed by atoms with Gasteiger partial charge in [0.25, 0.3) is 5.91 Å². The lowest BCUT2D eigenvalue weighted by Gasteiger charge is -2.28. The molecule has 1 saturated heterocycles. The highest BCUT2D eigenvalue weighted by Gasteiger charge is 2.34. The zero-order valence-electron chi connectivity index (χ0n) is 12.9. The van der Waals surface area contributed by atoms with E-state index in [2.05, 4.69) is 0 Å². The average Bonchev–Trinajstić information content (AvgIpc) is 2.87. The summed E-state index contributed by atoms with van der Waals surface area (Å²) in [6, 6.07) is 6.39. The number of carbonyl (C=O) groups is 1. The van der Waals surface area contributed by atoms with Gasteiger partial charge < -0.3 is 14.4 Å². The molecule has 0 saturated carbocycles. The van der Waals surface area contributed by atoms with Crippen LogP contribution in [0.3, 0.4) is 0 Å². The molecule has 2 rings (SSSR count). The van der Waals surface area contributed by atoms with Gasteiger partial charge >= 0.3 is 0 Å². The minimum atomic E-state index is -3.06. The fraction of sp³-hybridized carbons (Fsp3) is 0.533. The van der Waals surface area contributed by atoms with E-state index in [1.165, 1.54) is 7.11 Å². The zero-order chi connectivity index (χ0) is 16.9. The Labute approximate surface area is 141 Å². The monoisotopic (exact) mass is 361 g/mol. The molecule has 1 aromatic rings. The van der Waals surface area contributed by atoms with Crippen LogP contribution in [0.4, 0.5) is 0 Å². The van der Waals surface area contributed by atoms with Crippen LogP contribution in [0.5, 0.6) is 5.75 Å². The first kappa shape index (κ1) is 18.0. The molecule has 0 radical (unpaired) electrons. The lowest BCUT2D eigenvalue weighted by atomic mass is 10.2. The quantitative estimate of drug-likeness (QED) is 0.733. The summed E-state index contributed by atoms with van der Waals surface area (Å²) in [5.41, 5.74) is 0. The molecule has 1 amide bonds. The van der Waals surface area contributed by atoms with E-state index < -0.39 is 9.84 Å². The summed E-state index contributed by atoms with van der Waals surface area (Å²) in [4.78, 5) is 14.0. The second-order valence-electron chi connectivity index (χ2n) is 5.38. The molecule has 1 heterocycles. The number of ether oxygens (including phenoxy) is 2. The molecule has 0 bridgehead atoms. The van der Waals surface area contributed by atoms with Crippen molar-refractivity contribution >= 4 is 27.3 Å². The van der Waals surface area contributed by atoms with Crippen molar-refractivity contribution in [2.45, 2.75) is 12.5 Å². The lowest BCUT2D eigenvalue weighted by molar-refractivity contribution is -0.136. The van der Waals surface area contributed by atoms with E-state index in [0.717, 1.165) is 0 Å². The molecule has 6 nitrogen and oxygen atoms in total. The summed E-state index contributed by atoms with van der Waals surface area (Å²) in [6.45, 7) is 0.546. The van der Waals surface area contributed by atoms with Gasteiger partial charge in [0, 0.05) is 24.7 Å². The number of amides is 1. The van der Waals surface area contributed by atoms with Crippen LogP contribution >= 0.6 is 11.6 Å². The van der Waals surface area contributed by atoms with Crippen LogP contribution in [-0.2, 0) is 19.4 Å². The fourth-order valence-electron chi connectivity index (χ4n) is 2.48. The van der Waals surface area contributed by atoms with Crippen molar-refractivity contribution in [3.05, 3.63) is 29.3 Å². The van der Waals surface area contributed by atoms with E-state index in [4.69, 9.17) is 21.1 Å². The fourth-order valence-corrected chi connectivity index (χ4v) is 4.34. The Kier molecular flexibility index (Phi) is 6.26. The van der Waals surface area contributed by atoms with Crippen molar-refractivity contribution in [2.24, 2.45) is 0 Å². The molecule has 8 heteroatoms. The van der Waals surface area contributed by atoms with Crippen LogP contribution in [0, 0.1) is 0 Å². The Bertz CT molecular complexity index is 632. The third-order valence-corrected chi connectivity index (χ3v) is 5.68. The largest absolute Gasteiger partial charge is 0.484 e. The maximum Gasteiger partial charge on any atom is 0.260 e. The van der Waals surface area contributed by atoms with E-state index in [-0.39, 0.29) is 30.1 Å². The Balaban J connectivity index is 1.97. The first-order chi connectivity index (χ1) is 10.9. The SMILES string of the molecule is COCCN(C(=O)COc1ccc(Cl)cc1)C1CCS(=O)(=O)C1. The highest BCUT2D eigenvalue weighted by atomic mass is 35.5. The first-order valence-electron chi connectivity index (χ1n) is 7.28. The van der Waals surface area contributed by atoms with Gasteiger partial charge in [0.15, 0.2) is 16.4 Å². The predicted molar refractivity (Wildman–Crippen MR) is 87.6 cm³/mol. The molecule has 1 aromatic carbocycles. The van der Waals surface area contributed by atoms with Crippen molar-refractivity contribution in [1.82, 2.24) is 4.90 Å². The van der Waals surface area contributed by atoms with Gasteiger partial charge in [-0.3, -0.25) is 4.79 Å². The van der Waals surface area contributed by atoms with Crippen molar-refractivity contribution < 1.29 is 22.7 Å². The highest BCUT2D eigenvalue weighted by molar-refractivity contribution is 7.91. The second kappa shape index (κ2) is 7.99. The van der Waals surface area contributed by atoms with Gasteiger partial charge in [-0.1, -0.05) is 11.6 Å². The molecule has 1 fully saturated rings. The number of sulfone groups is 1. The van der Waals surface area contributed by atoms with Crippen molar-refractivity contribution in [2.75, 3.05) is 38.4 Å². The molecule has 23 heavy (non-hydrogen) atoms. The Morgan fingerprint density at radius 3 is 2.61 bits per heavy atom. The van der Waals surface area contributed by atoms with Gasteiger partial charge in [0.05, 0.1) is 18.1 Å². The number of hydrogen-bond acceptors (Lipinski definition) is 5. The number of benzene rings is 1. The van der Waals surface area contributed by atoms with Gasteiger partial charge in [-0.15, -0.1) is 0 Å². The van der Waals surface area contributed by atoms with Crippen molar-refractivity contribution in [3.8, 4) is 5.75 Å². The Morgan fingerprint density at radius 1 is 1.35 bits per heavy atom. The van der Waals surface area contributed by atoms with Gasteiger partial charge in [0.2, 0.25) is 0 Å². The number of rotatable bonds is 7. The van der Waals surface area contributed by atoms with Crippen molar-refractivity contribution in [3.63, 3.8) is 0 Å². The first-order valence-corrected chi connectivity index (χ1v) is 9.48. The summed E-state index contributed by atoms with van der Waals surface area (Å²) in [7, 11) is -1.52. The van der Waals surface area contributed by atoms with Crippen LogP contribution in [-0.4, -0.2) is 63.6 Å². The molecular formula is C15H20ClNO5S.